The first kappa shape index (κ1) is 17.8. The number of carbonyl (C=O) groups excluding carboxylic acids is 1. The summed E-state index contributed by atoms with van der Waals surface area (Å²) in [6.45, 7) is 6.13. The minimum absolute atomic E-state index is 0.0190. The highest BCUT2D eigenvalue weighted by molar-refractivity contribution is 5.76. The molecule has 1 aliphatic rings. The number of rotatable bonds is 7. The second-order valence-corrected chi connectivity index (χ2v) is 6.46. The smallest absolute Gasteiger partial charge is 0.220 e. The molecule has 23 heavy (non-hydrogen) atoms. The van der Waals surface area contributed by atoms with Crippen molar-refractivity contribution in [2.24, 2.45) is 5.92 Å². The monoisotopic (exact) mass is 320 g/mol. The lowest BCUT2D eigenvalue weighted by molar-refractivity contribution is -0.122. The number of hydrogen-bond acceptors (Lipinski definition) is 4. The van der Waals surface area contributed by atoms with E-state index in [4.69, 9.17) is 4.74 Å². The average Bonchev–Trinajstić information content (AvgIpc) is 2.53. The van der Waals surface area contributed by atoms with Crippen molar-refractivity contribution < 1.29 is 14.6 Å². The molecule has 0 radical (unpaired) electrons. The van der Waals surface area contributed by atoms with Gasteiger partial charge in [0, 0.05) is 13.0 Å². The third kappa shape index (κ3) is 6.20. The summed E-state index contributed by atoms with van der Waals surface area (Å²) in [7, 11) is 0. The van der Waals surface area contributed by atoms with Gasteiger partial charge in [0.25, 0.3) is 0 Å². The molecule has 0 bridgehead atoms. The van der Waals surface area contributed by atoms with Gasteiger partial charge < -0.3 is 20.5 Å². The van der Waals surface area contributed by atoms with E-state index in [0.29, 0.717) is 12.3 Å². The molecule has 5 heteroatoms. The largest absolute Gasteiger partial charge is 0.491 e. The van der Waals surface area contributed by atoms with Crippen molar-refractivity contribution in [2.45, 2.75) is 45.3 Å². The number of carbonyl (C=O) groups is 1. The number of aliphatic hydroxyl groups is 1. The van der Waals surface area contributed by atoms with Crippen LogP contribution in [-0.4, -0.2) is 36.8 Å². The van der Waals surface area contributed by atoms with E-state index in [1.54, 1.807) is 0 Å². The Hall–Kier alpha value is -1.59. The number of hydrogen-bond donors (Lipinski definition) is 3. The highest BCUT2D eigenvalue weighted by Crippen LogP contribution is 2.20. The summed E-state index contributed by atoms with van der Waals surface area (Å²) in [5.74, 6) is 1.21. The van der Waals surface area contributed by atoms with Crippen LogP contribution in [0.2, 0.25) is 0 Å². The molecule has 1 aromatic rings. The quantitative estimate of drug-likeness (QED) is 0.719. The zero-order chi connectivity index (χ0) is 16.7. The summed E-state index contributed by atoms with van der Waals surface area (Å²) in [5.41, 5.74) is 0.755. The number of aliphatic hydroxyl groups excluding tert-OH is 1. The zero-order valence-corrected chi connectivity index (χ0v) is 14.0. The van der Waals surface area contributed by atoms with E-state index in [1.165, 1.54) is 0 Å². The molecule has 1 unspecified atom stereocenters. The summed E-state index contributed by atoms with van der Waals surface area (Å²) in [6.07, 6.45) is 2.01. The van der Waals surface area contributed by atoms with E-state index >= 15 is 0 Å². The Kier molecular flexibility index (Phi) is 6.86. The fourth-order valence-electron chi connectivity index (χ4n) is 2.82. The van der Waals surface area contributed by atoms with Crippen LogP contribution in [0.4, 0.5) is 0 Å². The first-order chi connectivity index (χ1) is 11.0. The molecule has 1 aromatic carbocycles. The molecule has 0 saturated carbocycles. The van der Waals surface area contributed by atoms with Gasteiger partial charge in [0.2, 0.25) is 5.91 Å². The van der Waals surface area contributed by atoms with Crippen LogP contribution in [0.25, 0.3) is 0 Å². The van der Waals surface area contributed by atoms with Gasteiger partial charge in [-0.2, -0.15) is 0 Å². The minimum Gasteiger partial charge on any atom is -0.491 e. The summed E-state index contributed by atoms with van der Waals surface area (Å²) in [5, 5.41) is 16.4. The maximum Gasteiger partial charge on any atom is 0.220 e. The minimum atomic E-state index is -0.720. The van der Waals surface area contributed by atoms with Gasteiger partial charge in [-0.05, 0) is 63.4 Å². The van der Waals surface area contributed by atoms with Crippen molar-refractivity contribution >= 4 is 5.91 Å². The number of benzene rings is 1. The van der Waals surface area contributed by atoms with Crippen molar-refractivity contribution in [3.63, 3.8) is 0 Å². The van der Waals surface area contributed by atoms with Crippen molar-refractivity contribution in [1.29, 1.82) is 0 Å². The van der Waals surface area contributed by atoms with Gasteiger partial charge in [-0.3, -0.25) is 4.79 Å². The average molecular weight is 320 g/mol. The van der Waals surface area contributed by atoms with E-state index in [2.05, 4.69) is 10.6 Å². The van der Waals surface area contributed by atoms with Gasteiger partial charge in [-0.15, -0.1) is 0 Å². The number of amides is 1. The normalized spacial score (nSPS) is 17.0. The molecule has 1 aliphatic heterocycles. The standard InChI is InChI=1S/C18H28N2O3/c1-13(2)23-16-5-3-4-15(11-16)17(21)12-20-18(22)10-14-6-8-19-9-7-14/h3-5,11,13-14,17,19,21H,6-10,12H2,1-2H3,(H,20,22). The van der Waals surface area contributed by atoms with Crippen LogP contribution >= 0.6 is 0 Å². The molecule has 1 amide bonds. The highest BCUT2D eigenvalue weighted by atomic mass is 16.5. The Morgan fingerprint density at radius 1 is 1.39 bits per heavy atom. The molecule has 5 nitrogen and oxygen atoms in total. The second kappa shape index (κ2) is 8.89. The molecular formula is C18H28N2O3. The van der Waals surface area contributed by atoms with Gasteiger partial charge in [0.1, 0.15) is 5.75 Å². The lowest BCUT2D eigenvalue weighted by atomic mass is 9.94. The number of piperidine rings is 1. The lowest BCUT2D eigenvalue weighted by Gasteiger charge is -2.22. The van der Waals surface area contributed by atoms with Gasteiger partial charge in [0.05, 0.1) is 12.2 Å². The van der Waals surface area contributed by atoms with Gasteiger partial charge >= 0.3 is 0 Å². The Bertz CT molecular complexity index is 499. The molecule has 1 fully saturated rings. The molecule has 0 aromatic heterocycles. The van der Waals surface area contributed by atoms with E-state index in [-0.39, 0.29) is 18.6 Å². The predicted octanol–water partition coefficient (Wildman–Crippen LogP) is 2.01. The van der Waals surface area contributed by atoms with Crippen LogP contribution in [-0.2, 0) is 4.79 Å². The molecule has 0 spiro atoms. The highest BCUT2D eigenvalue weighted by Gasteiger charge is 2.17. The first-order valence-electron chi connectivity index (χ1n) is 8.46. The molecular weight excluding hydrogens is 292 g/mol. The Morgan fingerprint density at radius 2 is 2.13 bits per heavy atom. The predicted molar refractivity (Wildman–Crippen MR) is 90.4 cm³/mol. The van der Waals surface area contributed by atoms with Crippen molar-refractivity contribution in [1.82, 2.24) is 10.6 Å². The fourth-order valence-corrected chi connectivity index (χ4v) is 2.82. The van der Waals surface area contributed by atoms with E-state index in [1.807, 2.05) is 38.1 Å². The lowest BCUT2D eigenvalue weighted by Crippen LogP contribution is -2.33. The molecule has 2 rings (SSSR count). The van der Waals surface area contributed by atoms with E-state index in [0.717, 1.165) is 37.2 Å². The van der Waals surface area contributed by atoms with E-state index in [9.17, 15) is 9.90 Å². The second-order valence-electron chi connectivity index (χ2n) is 6.46. The number of ether oxygens (including phenoxy) is 1. The van der Waals surface area contributed by atoms with Crippen molar-refractivity contribution in [2.75, 3.05) is 19.6 Å². The molecule has 3 N–H and O–H groups in total. The van der Waals surface area contributed by atoms with Crippen molar-refractivity contribution in [3.8, 4) is 5.75 Å². The molecule has 128 valence electrons. The fraction of sp³-hybridized carbons (Fsp3) is 0.611. The van der Waals surface area contributed by atoms with Gasteiger partial charge in [-0.25, -0.2) is 0 Å². The molecule has 1 atom stereocenters. The molecule has 0 aliphatic carbocycles. The van der Waals surface area contributed by atoms with E-state index < -0.39 is 6.10 Å². The topological polar surface area (TPSA) is 70.6 Å². The molecule has 1 heterocycles. The van der Waals surface area contributed by atoms with Crippen LogP contribution in [0.3, 0.4) is 0 Å². The Balaban J connectivity index is 1.79. The zero-order valence-electron chi connectivity index (χ0n) is 14.0. The van der Waals surface area contributed by atoms with Gasteiger partial charge in [0.15, 0.2) is 0 Å². The Morgan fingerprint density at radius 3 is 2.83 bits per heavy atom. The summed E-state index contributed by atoms with van der Waals surface area (Å²) < 4.78 is 5.63. The van der Waals surface area contributed by atoms with Crippen LogP contribution in [0, 0.1) is 5.92 Å². The van der Waals surface area contributed by atoms with Crippen LogP contribution < -0.4 is 15.4 Å². The maximum atomic E-state index is 12.0. The third-order valence-electron chi connectivity index (χ3n) is 4.04. The molecule has 1 saturated heterocycles. The number of nitrogens with one attached hydrogen (secondary N) is 2. The third-order valence-corrected chi connectivity index (χ3v) is 4.04. The summed E-state index contributed by atoms with van der Waals surface area (Å²) >= 11 is 0. The van der Waals surface area contributed by atoms with Crippen LogP contribution in [0.1, 0.15) is 44.8 Å². The Labute approximate surface area is 138 Å². The summed E-state index contributed by atoms with van der Waals surface area (Å²) in [4.78, 5) is 12.0. The van der Waals surface area contributed by atoms with Crippen LogP contribution in [0.5, 0.6) is 5.75 Å². The van der Waals surface area contributed by atoms with Gasteiger partial charge in [-0.1, -0.05) is 12.1 Å². The SMILES string of the molecule is CC(C)Oc1cccc(C(O)CNC(=O)CC2CCNCC2)c1. The summed E-state index contributed by atoms with van der Waals surface area (Å²) in [6, 6.07) is 7.39. The maximum absolute atomic E-state index is 12.0. The van der Waals surface area contributed by atoms with Crippen molar-refractivity contribution in [3.05, 3.63) is 29.8 Å². The first-order valence-corrected chi connectivity index (χ1v) is 8.46. The van der Waals surface area contributed by atoms with Crippen LogP contribution in [0.15, 0.2) is 24.3 Å².